The highest BCUT2D eigenvalue weighted by Gasteiger charge is 2.09. The van der Waals surface area contributed by atoms with Gasteiger partial charge in [-0.15, -0.1) is 0 Å². The van der Waals surface area contributed by atoms with Crippen molar-refractivity contribution >= 4 is 11.6 Å². The molecule has 1 heteroatoms. The Morgan fingerprint density at radius 3 is 2.90 bits per heavy atom. The molecule has 0 atom stereocenters. The van der Waals surface area contributed by atoms with Crippen LogP contribution in [0.25, 0.3) is 11.6 Å². The number of hydrogen-bond donors (Lipinski definition) is 1. The fourth-order valence-electron chi connectivity index (χ4n) is 1.28. The van der Waals surface area contributed by atoms with Gasteiger partial charge < -0.3 is 4.98 Å². The average molecular weight is 131 g/mol. The molecule has 1 aliphatic carbocycles. The maximum atomic E-state index is 3.90. The molecule has 1 nitrogen and oxygen atoms in total. The van der Waals surface area contributed by atoms with Gasteiger partial charge in [0.25, 0.3) is 0 Å². The van der Waals surface area contributed by atoms with Crippen LogP contribution in [0.3, 0.4) is 0 Å². The third kappa shape index (κ3) is 0.574. The van der Waals surface area contributed by atoms with E-state index in [4.69, 9.17) is 0 Å². The minimum absolute atomic E-state index is 1.11. The summed E-state index contributed by atoms with van der Waals surface area (Å²) in [4.78, 5) is 3.24. The summed E-state index contributed by atoms with van der Waals surface area (Å²) in [5.41, 5.74) is 4.76. The van der Waals surface area contributed by atoms with Gasteiger partial charge in [0.2, 0.25) is 0 Å². The van der Waals surface area contributed by atoms with Gasteiger partial charge in [-0.2, -0.15) is 0 Å². The molecule has 2 rings (SSSR count). The van der Waals surface area contributed by atoms with Crippen LogP contribution in [-0.2, 0) is 0 Å². The van der Waals surface area contributed by atoms with Crippen molar-refractivity contribution in [3.8, 4) is 0 Å². The highest BCUT2D eigenvalue weighted by molar-refractivity contribution is 5.87. The van der Waals surface area contributed by atoms with Crippen molar-refractivity contribution < 1.29 is 0 Å². The van der Waals surface area contributed by atoms with Crippen molar-refractivity contribution in [2.75, 3.05) is 0 Å². The smallest absolute Gasteiger partial charge is 0.0462 e. The SMILES string of the molecule is C=C1C=Cc2[nH]c(C)cc21. The minimum atomic E-state index is 1.11. The van der Waals surface area contributed by atoms with Gasteiger partial charge in [0, 0.05) is 17.0 Å². The summed E-state index contributed by atoms with van der Waals surface area (Å²) in [5.74, 6) is 0. The van der Waals surface area contributed by atoms with Gasteiger partial charge in [-0.3, -0.25) is 0 Å². The fourth-order valence-corrected chi connectivity index (χ4v) is 1.28. The highest BCUT2D eigenvalue weighted by atomic mass is 14.7. The van der Waals surface area contributed by atoms with Crippen LogP contribution in [0.4, 0.5) is 0 Å². The molecule has 0 saturated heterocycles. The van der Waals surface area contributed by atoms with Crippen LogP contribution in [0.2, 0.25) is 0 Å². The van der Waals surface area contributed by atoms with Crippen molar-refractivity contribution in [2.24, 2.45) is 0 Å². The molecule has 1 aliphatic rings. The second-order valence-corrected chi connectivity index (χ2v) is 2.64. The molecule has 1 N–H and O–H groups in total. The third-order valence-corrected chi connectivity index (χ3v) is 1.78. The third-order valence-electron chi connectivity index (χ3n) is 1.78. The van der Waals surface area contributed by atoms with E-state index in [9.17, 15) is 0 Å². The first-order valence-electron chi connectivity index (χ1n) is 3.34. The lowest BCUT2D eigenvalue weighted by Crippen LogP contribution is -1.70. The first kappa shape index (κ1) is 5.54. The number of nitrogens with one attached hydrogen (secondary N) is 1. The largest absolute Gasteiger partial charge is 0.359 e. The molecule has 0 aliphatic heterocycles. The summed E-state index contributed by atoms with van der Waals surface area (Å²) >= 11 is 0. The quantitative estimate of drug-likeness (QED) is 0.556. The van der Waals surface area contributed by atoms with Gasteiger partial charge in [-0.1, -0.05) is 12.7 Å². The maximum absolute atomic E-state index is 3.90. The number of rotatable bonds is 0. The zero-order valence-corrected chi connectivity index (χ0v) is 5.94. The van der Waals surface area contributed by atoms with Gasteiger partial charge in [-0.05, 0) is 24.6 Å². The Morgan fingerprint density at radius 1 is 1.40 bits per heavy atom. The molecule has 10 heavy (non-hydrogen) atoms. The monoisotopic (exact) mass is 131 g/mol. The molecule has 0 spiro atoms. The van der Waals surface area contributed by atoms with Gasteiger partial charge in [-0.25, -0.2) is 0 Å². The van der Waals surface area contributed by atoms with Gasteiger partial charge in [0.1, 0.15) is 0 Å². The zero-order valence-electron chi connectivity index (χ0n) is 5.94. The second-order valence-electron chi connectivity index (χ2n) is 2.64. The van der Waals surface area contributed by atoms with Crippen LogP contribution in [0, 0.1) is 6.92 Å². The molecule has 50 valence electrons. The number of aromatic nitrogens is 1. The van der Waals surface area contributed by atoms with E-state index in [-0.39, 0.29) is 0 Å². The Labute approximate surface area is 60.1 Å². The Kier molecular flexibility index (Phi) is 0.901. The number of aryl methyl sites for hydroxylation is 1. The van der Waals surface area contributed by atoms with E-state index in [1.807, 2.05) is 6.08 Å². The van der Waals surface area contributed by atoms with E-state index >= 15 is 0 Å². The van der Waals surface area contributed by atoms with E-state index in [1.54, 1.807) is 0 Å². The average Bonchev–Trinajstić information content (AvgIpc) is 2.35. The number of allylic oxidation sites excluding steroid dienone is 2. The van der Waals surface area contributed by atoms with Gasteiger partial charge in [0.15, 0.2) is 0 Å². The van der Waals surface area contributed by atoms with Gasteiger partial charge >= 0.3 is 0 Å². The standard InChI is InChI=1S/C9H9N/c1-6-3-4-9-8(6)5-7(2)10-9/h3-5,10H,1H2,2H3. The maximum Gasteiger partial charge on any atom is 0.0462 e. The summed E-state index contributed by atoms with van der Waals surface area (Å²) in [7, 11) is 0. The second kappa shape index (κ2) is 1.63. The normalized spacial score (nSPS) is 14.3. The Morgan fingerprint density at radius 2 is 2.20 bits per heavy atom. The first-order chi connectivity index (χ1) is 4.77. The number of fused-ring (bicyclic) bond motifs is 1. The Bertz CT molecular complexity index is 315. The van der Waals surface area contributed by atoms with Crippen LogP contribution in [0.5, 0.6) is 0 Å². The minimum Gasteiger partial charge on any atom is -0.359 e. The van der Waals surface area contributed by atoms with Crippen LogP contribution in [-0.4, -0.2) is 4.98 Å². The molecule has 1 heterocycles. The lowest BCUT2D eigenvalue weighted by molar-refractivity contribution is 1.25. The molecule has 0 unspecified atom stereocenters. The molecule has 1 aromatic heterocycles. The molecule has 0 bridgehead atoms. The van der Waals surface area contributed by atoms with Crippen molar-refractivity contribution in [3.63, 3.8) is 0 Å². The zero-order chi connectivity index (χ0) is 7.14. The number of H-pyrrole nitrogens is 1. The molecule has 0 fully saturated rings. The topological polar surface area (TPSA) is 15.8 Å². The molecule has 0 aromatic carbocycles. The van der Waals surface area contributed by atoms with E-state index in [0.29, 0.717) is 0 Å². The number of aromatic amines is 1. The molecule has 0 amide bonds. The van der Waals surface area contributed by atoms with E-state index < -0.39 is 0 Å². The first-order valence-corrected chi connectivity index (χ1v) is 3.34. The van der Waals surface area contributed by atoms with Crippen LogP contribution in [0.1, 0.15) is 17.0 Å². The Hall–Kier alpha value is -1.24. The van der Waals surface area contributed by atoms with Crippen molar-refractivity contribution in [1.82, 2.24) is 4.98 Å². The predicted molar refractivity (Wildman–Crippen MR) is 43.6 cm³/mol. The Balaban J connectivity index is 2.68. The number of hydrogen-bond acceptors (Lipinski definition) is 0. The van der Waals surface area contributed by atoms with Crippen molar-refractivity contribution in [3.05, 3.63) is 35.7 Å². The van der Waals surface area contributed by atoms with Crippen molar-refractivity contribution in [1.29, 1.82) is 0 Å². The molecule has 0 radical (unpaired) electrons. The summed E-state index contributed by atoms with van der Waals surface area (Å²) in [6.45, 7) is 5.96. The van der Waals surface area contributed by atoms with Crippen LogP contribution in [0.15, 0.2) is 18.7 Å². The van der Waals surface area contributed by atoms with Crippen LogP contribution >= 0.6 is 0 Å². The predicted octanol–water partition coefficient (Wildman–Crippen LogP) is 2.36. The lowest BCUT2D eigenvalue weighted by Gasteiger charge is -1.86. The fraction of sp³-hybridized carbons (Fsp3) is 0.111. The summed E-state index contributed by atoms with van der Waals surface area (Å²) in [5, 5.41) is 0. The summed E-state index contributed by atoms with van der Waals surface area (Å²) < 4.78 is 0. The molecular formula is C9H9N. The van der Waals surface area contributed by atoms with E-state index in [1.165, 1.54) is 17.0 Å². The van der Waals surface area contributed by atoms with E-state index in [0.717, 1.165) is 5.57 Å². The summed E-state index contributed by atoms with van der Waals surface area (Å²) in [6.07, 6.45) is 4.09. The summed E-state index contributed by atoms with van der Waals surface area (Å²) in [6, 6.07) is 2.12. The molecule has 0 saturated carbocycles. The van der Waals surface area contributed by atoms with Crippen molar-refractivity contribution in [2.45, 2.75) is 6.92 Å². The van der Waals surface area contributed by atoms with Crippen LogP contribution < -0.4 is 0 Å². The molecular weight excluding hydrogens is 122 g/mol. The lowest BCUT2D eigenvalue weighted by atomic mass is 10.2. The van der Waals surface area contributed by atoms with E-state index in [2.05, 4.69) is 30.6 Å². The molecule has 1 aromatic rings. The highest BCUT2D eigenvalue weighted by Crippen LogP contribution is 2.27. The van der Waals surface area contributed by atoms with Gasteiger partial charge in [0.05, 0.1) is 0 Å².